The van der Waals surface area contributed by atoms with Gasteiger partial charge in [-0.25, -0.2) is 4.99 Å². The first-order valence-corrected chi connectivity index (χ1v) is 10.00. The number of nitrogens with two attached hydrogens (primary N) is 1. The second-order valence-corrected chi connectivity index (χ2v) is 7.43. The van der Waals surface area contributed by atoms with Crippen molar-refractivity contribution in [2.45, 2.75) is 37.6 Å². The third-order valence-corrected chi connectivity index (χ3v) is 5.73. The minimum atomic E-state index is 0.0239. The van der Waals surface area contributed by atoms with Crippen LogP contribution in [0.2, 0.25) is 0 Å². The van der Waals surface area contributed by atoms with E-state index in [0.29, 0.717) is 24.0 Å². The molecule has 0 radical (unpaired) electrons. The second-order valence-electron chi connectivity index (χ2n) is 7.43. The van der Waals surface area contributed by atoms with Gasteiger partial charge in [0.15, 0.2) is 17.5 Å². The SMILES string of the molecule is COc1ccc(CN=C(N)NCC2(c3ccccc3OC)CCCC2)cc1OC. The van der Waals surface area contributed by atoms with Gasteiger partial charge in [0.05, 0.1) is 27.9 Å². The van der Waals surface area contributed by atoms with Gasteiger partial charge in [-0.05, 0) is 36.6 Å². The Morgan fingerprint density at radius 3 is 2.34 bits per heavy atom. The summed E-state index contributed by atoms with van der Waals surface area (Å²) >= 11 is 0. The average Bonchev–Trinajstić information content (AvgIpc) is 3.26. The fourth-order valence-corrected chi connectivity index (χ4v) is 4.15. The van der Waals surface area contributed by atoms with Gasteiger partial charge in [0.2, 0.25) is 0 Å². The van der Waals surface area contributed by atoms with E-state index in [-0.39, 0.29) is 5.41 Å². The Balaban J connectivity index is 1.69. The number of hydrogen-bond donors (Lipinski definition) is 2. The van der Waals surface area contributed by atoms with Crippen molar-refractivity contribution in [2.24, 2.45) is 10.7 Å². The Morgan fingerprint density at radius 2 is 1.66 bits per heavy atom. The van der Waals surface area contributed by atoms with Crippen molar-refractivity contribution in [3.05, 3.63) is 53.6 Å². The topological polar surface area (TPSA) is 78.1 Å². The molecule has 1 saturated carbocycles. The first-order valence-electron chi connectivity index (χ1n) is 10.00. The molecule has 0 saturated heterocycles. The minimum Gasteiger partial charge on any atom is -0.496 e. The summed E-state index contributed by atoms with van der Waals surface area (Å²) in [5.74, 6) is 2.78. The lowest BCUT2D eigenvalue weighted by molar-refractivity contribution is 0.354. The minimum absolute atomic E-state index is 0.0239. The maximum Gasteiger partial charge on any atom is 0.188 e. The molecular weight excluding hydrogens is 366 g/mol. The number of ether oxygens (including phenoxy) is 3. The Morgan fingerprint density at radius 1 is 0.966 bits per heavy atom. The number of aliphatic imine (C=N–C) groups is 1. The second kappa shape index (κ2) is 9.54. The summed E-state index contributed by atoms with van der Waals surface area (Å²) in [5.41, 5.74) is 8.47. The zero-order chi connectivity index (χ0) is 20.7. The molecule has 0 spiro atoms. The van der Waals surface area contributed by atoms with Crippen LogP contribution in [0.3, 0.4) is 0 Å². The molecular formula is C23H31N3O3. The molecule has 156 valence electrons. The monoisotopic (exact) mass is 397 g/mol. The molecule has 1 aliphatic rings. The highest BCUT2D eigenvalue weighted by Gasteiger charge is 2.37. The van der Waals surface area contributed by atoms with Crippen molar-refractivity contribution in [3.63, 3.8) is 0 Å². The van der Waals surface area contributed by atoms with Crippen LogP contribution in [0.1, 0.15) is 36.8 Å². The van der Waals surface area contributed by atoms with E-state index >= 15 is 0 Å². The number of hydrogen-bond acceptors (Lipinski definition) is 4. The van der Waals surface area contributed by atoms with Crippen LogP contribution >= 0.6 is 0 Å². The molecule has 2 aromatic carbocycles. The van der Waals surface area contributed by atoms with Crippen LogP contribution in [-0.2, 0) is 12.0 Å². The Kier molecular flexibility index (Phi) is 6.86. The van der Waals surface area contributed by atoms with E-state index in [0.717, 1.165) is 30.7 Å². The van der Waals surface area contributed by atoms with Gasteiger partial charge >= 0.3 is 0 Å². The average molecular weight is 398 g/mol. The fraction of sp³-hybridized carbons (Fsp3) is 0.435. The molecule has 3 rings (SSSR count). The van der Waals surface area contributed by atoms with Gasteiger partial charge in [0, 0.05) is 17.5 Å². The van der Waals surface area contributed by atoms with Crippen LogP contribution in [0.5, 0.6) is 17.2 Å². The van der Waals surface area contributed by atoms with Gasteiger partial charge in [-0.2, -0.15) is 0 Å². The van der Waals surface area contributed by atoms with Crippen LogP contribution in [0.25, 0.3) is 0 Å². The molecule has 0 atom stereocenters. The highest BCUT2D eigenvalue weighted by atomic mass is 16.5. The molecule has 0 aromatic heterocycles. The van der Waals surface area contributed by atoms with E-state index in [1.807, 2.05) is 30.3 Å². The predicted octanol–water partition coefficient (Wildman–Crippen LogP) is 3.63. The molecule has 0 unspecified atom stereocenters. The Labute approximate surface area is 173 Å². The van der Waals surface area contributed by atoms with Gasteiger partial charge in [0.25, 0.3) is 0 Å². The van der Waals surface area contributed by atoms with Crippen molar-refractivity contribution in [3.8, 4) is 17.2 Å². The van der Waals surface area contributed by atoms with E-state index in [2.05, 4.69) is 22.4 Å². The van der Waals surface area contributed by atoms with Gasteiger partial charge in [-0.3, -0.25) is 0 Å². The number of para-hydroxylation sites is 1. The molecule has 0 bridgehead atoms. The smallest absolute Gasteiger partial charge is 0.188 e. The van der Waals surface area contributed by atoms with Crippen molar-refractivity contribution < 1.29 is 14.2 Å². The summed E-state index contributed by atoms with van der Waals surface area (Å²) < 4.78 is 16.3. The fourth-order valence-electron chi connectivity index (χ4n) is 4.15. The number of nitrogens with one attached hydrogen (secondary N) is 1. The molecule has 1 aliphatic carbocycles. The van der Waals surface area contributed by atoms with Crippen LogP contribution < -0.4 is 25.3 Å². The maximum atomic E-state index is 6.19. The van der Waals surface area contributed by atoms with Gasteiger partial charge in [-0.15, -0.1) is 0 Å². The van der Waals surface area contributed by atoms with Crippen molar-refractivity contribution in [1.82, 2.24) is 5.32 Å². The summed E-state index contributed by atoms with van der Waals surface area (Å²) in [5, 5.41) is 3.35. The number of rotatable bonds is 8. The number of methoxy groups -OCH3 is 3. The Hall–Kier alpha value is -2.89. The maximum absolute atomic E-state index is 6.19. The quantitative estimate of drug-likeness (QED) is 0.525. The van der Waals surface area contributed by atoms with Crippen LogP contribution in [0.4, 0.5) is 0 Å². The van der Waals surface area contributed by atoms with Gasteiger partial charge < -0.3 is 25.3 Å². The third-order valence-electron chi connectivity index (χ3n) is 5.73. The lowest BCUT2D eigenvalue weighted by Gasteiger charge is -2.31. The van der Waals surface area contributed by atoms with Gasteiger partial charge in [0.1, 0.15) is 5.75 Å². The van der Waals surface area contributed by atoms with E-state index < -0.39 is 0 Å². The molecule has 0 amide bonds. The standard InChI is InChI=1S/C23H31N3O3/c1-27-19-9-5-4-8-18(19)23(12-6-7-13-23)16-26-22(24)25-15-17-10-11-20(28-2)21(14-17)29-3/h4-5,8-11,14H,6-7,12-13,15-16H2,1-3H3,(H3,24,25,26). The first-order chi connectivity index (χ1) is 14.1. The summed E-state index contributed by atoms with van der Waals surface area (Å²) in [6, 6.07) is 14.0. The predicted molar refractivity (Wildman–Crippen MR) is 116 cm³/mol. The first kappa shape index (κ1) is 20.8. The molecule has 0 aliphatic heterocycles. The highest BCUT2D eigenvalue weighted by molar-refractivity contribution is 5.78. The zero-order valence-corrected chi connectivity index (χ0v) is 17.5. The molecule has 2 aromatic rings. The molecule has 29 heavy (non-hydrogen) atoms. The van der Waals surface area contributed by atoms with Gasteiger partial charge in [-0.1, -0.05) is 37.1 Å². The lowest BCUT2D eigenvalue weighted by Crippen LogP contribution is -2.42. The zero-order valence-electron chi connectivity index (χ0n) is 17.5. The van der Waals surface area contributed by atoms with E-state index in [1.54, 1.807) is 21.3 Å². The molecule has 6 heteroatoms. The van der Waals surface area contributed by atoms with Crippen molar-refractivity contribution in [1.29, 1.82) is 0 Å². The summed E-state index contributed by atoms with van der Waals surface area (Å²) in [4.78, 5) is 4.51. The summed E-state index contributed by atoms with van der Waals surface area (Å²) in [7, 11) is 4.98. The molecule has 1 fully saturated rings. The summed E-state index contributed by atoms with van der Waals surface area (Å²) in [6.45, 7) is 1.22. The third kappa shape index (κ3) is 4.75. The van der Waals surface area contributed by atoms with E-state index in [1.165, 1.54) is 18.4 Å². The van der Waals surface area contributed by atoms with Crippen LogP contribution in [-0.4, -0.2) is 33.8 Å². The lowest BCUT2D eigenvalue weighted by atomic mass is 9.78. The number of guanidine groups is 1. The van der Waals surface area contributed by atoms with E-state index in [9.17, 15) is 0 Å². The largest absolute Gasteiger partial charge is 0.496 e. The van der Waals surface area contributed by atoms with E-state index in [4.69, 9.17) is 19.9 Å². The normalized spacial score (nSPS) is 15.8. The molecule has 6 nitrogen and oxygen atoms in total. The number of nitrogens with zero attached hydrogens (tertiary/aromatic N) is 1. The van der Waals surface area contributed by atoms with Crippen LogP contribution in [0.15, 0.2) is 47.5 Å². The summed E-state index contributed by atoms with van der Waals surface area (Å²) in [6.07, 6.45) is 4.65. The number of benzene rings is 2. The van der Waals surface area contributed by atoms with Crippen molar-refractivity contribution in [2.75, 3.05) is 27.9 Å². The van der Waals surface area contributed by atoms with Crippen molar-refractivity contribution >= 4 is 5.96 Å². The highest BCUT2D eigenvalue weighted by Crippen LogP contribution is 2.44. The molecule has 0 heterocycles. The van der Waals surface area contributed by atoms with Crippen LogP contribution in [0, 0.1) is 0 Å². The molecule has 3 N–H and O–H groups in total. The Bertz CT molecular complexity index is 845.